The van der Waals surface area contributed by atoms with E-state index in [0.29, 0.717) is 5.01 Å². The van der Waals surface area contributed by atoms with Gasteiger partial charge in [0.25, 0.3) is 0 Å². The summed E-state index contributed by atoms with van der Waals surface area (Å²) >= 11 is 1.40. The van der Waals surface area contributed by atoms with E-state index in [1.165, 1.54) is 29.5 Å². The fraction of sp³-hybridized carbons (Fsp3) is 0.357. The maximum absolute atomic E-state index is 12.9. The highest BCUT2D eigenvalue weighted by Gasteiger charge is 2.34. The summed E-state index contributed by atoms with van der Waals surface area (Å²) in [7, 11) is 0. The third-order valence-electron chi connectivity index (χ3n) is 3.07. The number of benzene rings is 1. The second kappa shape index (κ2) is 5.54. The molecule has 0 saturated carbocycles. The van der Waals surface area contributed by atoms with Gasteiger partial charge in [0.1, 0.15) is 0 Å². The Labute approximate surface area is 118 Å². The van der Waals surface area contributed by atoms with Crippen molar-refractivity contribution in [3.8, 4) is 0 Å². The molecule has 0 spiro atoms. The zero-order valence-electron chi connectivity index (χ0n) is 11.0. The minimum atomic E-state index is -4.47. The first-order chi connectivity index (χ1) is 9.29. The Hall–Kier alpha value is -1.40. The molecule has 108 valence electrons. The number of nitrogens with zero attached hydrogens (tertiary/aromatic N) is 1. The molecule has 0 bridgehead atoms. The Morgan fingerprint density at radius 2 is 1.90 bits per heavy atom. The van der Waals surface area contributed by atoms with Crippen molar-refractivity contribution in [2.75, 3.05) is 0 Å². The number of aryl methyl sites for hydroxylation is 2. The summed E-state index contributed by atoms with van der Waals surface area (Å²) in [6, 6.07) is 5.10. The van der Waals surface area contributed by atoms with E-state index in [1.54, 1.807) is 0 Å². The van der Waals surface area contributed by atoms with Gasteiger partial charge in [-0.05, 0) is 25.5 Å². The third kappa shape index (κ3) is 3.19. The number of hydrogen-bond donors (Lipinski definition) is 1. The van der Waals surface area contributed by atoms with Crippen molar-refractivity contribution in [2.24, 2.45) is 0 Å². The minimum Gasteiger partial charge on any atom is -0.388 e. The molecule has 0 amide bonds. The van der Waals surface area contributed by atoms with Crippen molar-refractivity contribution >= 4 is 11.3 Å². The summed E-state index contributed by atoms with van der Waals surface area (Å²) in [4.78, 5) is 5.26. The molecule has 1 N–H and O–H groups in total. The van der Waals surface area contributed by atoms with Crippen LogP contribution in [-0.4, -0.2) is 10.1 Å². The van der Waals surface area contributed by atoms with E-state index in [2.05, 4.69) is 4.98 Å². The average molecular weight is 301 g/mol. The third-order valence-corrected chi connectivity index (χ3v) is 4.16. The highest BCUT2D eigenvalue weighted by Crippen LogP contribution is 2.35. The fourth-order valence-corrected chi connectivity index (χ4v) is 2.92. The van der Waals surface area contributed by atoms with Gasteiger partial charge in [0.15, 0.2) is 0 Å². The van der Waals surface area contributed by atoms with Crippen LogP contribution in [-0.2, 0) is 12.6 Å². The Balaban J connectivity index is 2.27. The lowest BCUT2D eigenvalue weighted by Gasteiger charge is -2.16. The molecule has 6 heteroatoms. The van der Waals surface area contributed by atoms with Crippen LogP contribution >= 0.6 is 11.3 Å². The predicted molar refractivity (Wildman–Crippen MR) is 71.7 cm³/mol. The van der Waals surface area contributed by atoms with Gasteiger partial charge in [-0.1, -0.05) is 18.2 Å². The van der Waals surface area contributed by atoms with Crippen molar-refractivity contribution in [3.05, 3.63) is 51.0 Å². The zero-order valence-corrected chi connectivity index (χ0v) is 11.8. The molecule has 1 atom stereocenters. The molecule has 0 aliphatic heterocycles. The topological polar surface area (TPSA) is 33.1 Å². The van der Waals surface area contributed by atoms with Gasteiger partial charge in [0.2, 0.25) is 0 Å². The molecule has 2 rings (SSSR count). The van der Waals surface area contributed by atoms with Gasteiger partial charge in [-0.2, -0.15) is 13.2 Å². The summed E-state index contributed by atoms with van der Waals surface area (Å²) in [6.07, 6.45) is -5.59. The van der Waals surface area contributed by atoms with Crippen molar-refractivity contribution in [1.82, 2.24) is 4.98 Å². The SMILES string of the molecule is Cc1nc(CC(O)c2ccccc2C(F)(F)F)sc1C. The molecule has 20 heavy (non-hydrogen) atoms. The van der Waals surface area contributed by atoms with Crippen LogP contribution in [0.5, 0.6) is 0 Å². The first-order valence-electron chi connectivity index (χ1n) is 6.06. The van der Waals surface area contributed by atoms with Crippen LogP contribution < -0.4 is 0 Å². The second-order valence-electron chi connectivity index (χ2n) is 4.55. The molecular formula is C14H14F3NOS. The number of aliphatic hydroxyl groups excluding tert-OH is 1. The van der Waals surface area contributed by atoms with E-state index < -0.39 is 17.8 Å². The zero-order chi connectivity index (χ0) is 14.9. The Morgan fingerprint density at radius 3 is 2.45 bits per heavy atom. The summed E-state index contributed by atoms with van der Waals surface area (Å²) in [5.41, 5.74) is -0.0516. The quantitative estimate of drug-likeness (QED) is 0.927. The highest BCUT2D eigenvalue weighted by atomic mass is 32.1. The van der Waals surface area contributed by atoms with E-state index >= 15 is 0 Å². The first kappa shape index (κ1) is 15.0. The van der Waals surface area contributed by atoms with Gasteiger partial charge in [-0.15, -0.1) is 11.3 Å². The van der Waals surface area contributed by atoms with Crippen LogP contribution in [0.25, 0.3) is 0 Å². The molecule has 0 radical (unpaired) electrons. The van der Waals surface area contributed by atoms with Crippen molar-refractivity contribution < 1.29 is 18.3 Å². The maximum atomic E-state index is 12.9. The lowest BCUT2D eigenvalue weighted by molar-refractivity contribution is -0.139. The van der Waals surface area contributed by atoms with E-state index in [1.807, 2.05) is 13.8 Å². The van der Waals surface area contributed by atoms with Crippen molar-refractivity contribution in [3.63, 3.8) is 0 Å². The van der Waals surface area contributed by atoms with E-state index in [-0.39, 0.29) is 12.0 Å². The standard InChI is InChI=1S/C14H14F3NOS/c1-8-9(2)20-13(18-8)7-12(19)10-5-3-4-6-11(10)14(15,16)17/h3-6,12,19H,7H2,1-2H3. The molecule has 1 aromatic carbocycles. The molecule has 2 nitrogen and oxygen atoms in total. The largest absolute Gasteiger partial charge is 0.416 e. The minimum absolute atomic E-state index is 0.0897. The fourth-order valence-electron chi connectivity index (χ4n) is 1.95. The van der Waals surface area contributed by atoms with Crippen LogP contribution in [0.15, 0.2) is 24.3 Å². The second-order valence-corrected chi connectivity index (χ2v) is 5.84. The summed E-state index contributed by atoms with van der Waals surface area (Å²) in [5.74, 6) is 0. The average Bonchev–Trinajstić information content (AvgIpc) is 2.67. The number of aromatic nitrogens is 1. The Kier molecular flexibility index (Phi) is 4.15. The van der Waals surface area contributed by atoms with Gasteiger partial charge in [-0.3, -0.25) is 0 Å². The predicted octanol–water partition coefficient (Wildman–Crippen LogP) is 4.05. The van der Waals surface area contributed by atoms with E-state index in [0.717, 1.165) is 16.6 Å². The Bertz CT molecular complexity index is 587. The Morgan fingerprint density at radius 1 is 1.25 bits per heavy atom. The number of hydrogen-bond acceptors (Lipinski definition) is 3. The van der Waals surface area contributed by atoms with Crippen LogP contribution in [0.4, 0.5) is 13.2 Å². The number of halogens is 3. The summed E-state index contributed by atoms with van der Waals surface area (Å²) in [6.45, 7) is 3.73. The molecular weight excluding hydrogens is 287 g/mol. The van der Waals surface area contributed by atoms with Gasteiger partial charge in [0, 0.05) is 11.3 Å². The molecule has 0 fully saturated rings. The van der Waals surface area contributed by atoms with Crippen LogP contribution in [0.3, 0.4) is 0 Å². The van der Waals surface area contributed by atoms with Gasteiger partial charge >= 0.3 is 6.18 Å². The number of aliphatic hydroxyl groups is 1. The molecule has 0 aliphatic carbocycles. The van der Waals surface area contributed by atoms with Gasteiger partial charge < -0.3 is 5.11 Å². The molecule has 0 saturated heterocycles. The summed E-state index contributed by atoms with van der Waals surface area (Å²) < 4.78 is 38.7. The van der Waals surface area contributed by atoms with Crippen LogP contribution in [0.2, 0.25) is 0 Å². The highest BCUT2D eigenvalue weighted by molar-refractivity contribution is 7.11. The molecule has 1 aromatic heterocycles. The number of thiazole rings is 1. The molecule has 1 heterocycles. The summed E-state index contributed by atoms with van der Waals surface area (Å²) in [5, 5.41) is 10.7. The monoisotopic (exact) mass is 301 g/mol. The van der Waals surface area contributed by atoms with Crippen molar-refractivity contribution in [1.29, 1.82) is 0 Å². The number of alkyl halides is 3. The van der Waals surface area contributed by atoms with Gasteiger partial charge in [0.05, 0.1) is 22.4 Å². The molecule has 0 aliphatic rings. The van der Waals surface area contributed by atoms with Crippen LogP contribution in [0.1, 0.15) is 32.8 Å². The van der Waals surface area contributed by atoms with Gasteiger partial charge in [-0.25, -0.2) is 4.98 Å². The molecule has 2 aromatic rings. The van der Waals surface area contributed by atoms with E-state index in [9.17, 15) is 18.3 Å². The first-order valence-corrected chi connectivity index (χ1v) is 6.87. The lowest BCUT2D eigenvalue weighted by Crippen LogP contribution is -2.13. The number of rotatable bonds is 3. The normalized spacial score (nSPS) is 13.5. The molecule has 1 unspecified atom stereocenters. The van der Waals surface area contributed by atoms with Crippen LogP contribution in [0, 0.1) is 13.8 Å². The maximum Gasteiger partial charge on any atom is 0.416 e. The van der Waals surface area contributed by atoms with E-state index in [4.69, 9.17) is 0 Å². The smallest absolute Gasteiger partial charge is 0.388 e. The lowest BCUT2D eigenvalue weighted by atomic mass is 10.00. The van der Waals surface area contributed by atoms with Crippen molar-refractivity contribution in [2.45, 2.75) is 32.5 Å².